The first kappa shape index (κ1) is 28.2. The number of ether oxygens (including phenoxy) is 1. The molecule has 0 spiro atoms. The van der Waals surface area contributed by atoms with Crippen molar-refractivity contribution in [2.45, 2.75) is 44.9 Å². The largest absolute Gasteiger partial charge is 0.488 e. The number of nitrogens with zero attached hydrogens (tertiary/aromatic N) is 2. The Labute approximate surface area is 235 Å². The molecule has 0 unspecified atom stereocenters. The fraction of sp³-hybridized carbons (Fsp3) is 0.200. The number of fused-ring (bicyclic) bond motifs is 1. The number of nitrogens with one attached hydrogen (secondary N) is 1. The molecule has 0 bridgehead atoms. The van der Waals surface area contributed by atoms with E-state index in [9.17, 15) is 21.6 Å². The van der Waals surface area contributed by atoms with Gasteiger partial charge >= 0.3 is 6.18 Å². The predicted molar refractivity (Wildman–Crippen MR) is 149 cm³/mol. The van der Waals surface area contributed by atoms with Crippen molar-refractivity contribution in [3.63, 3.8) is 0 Å². The van der Waals surface area contributed by atoms with Crippen LogP contribution in [-0.2, 0) is 29.2 Å². The number of aryl methyl sites for hydroxylation is 2. The average molecular weight is 582 g/mol. The number of hydrogen-bond acceptors (Lipinski definition) is 6. The van der Waals surface area contributed by atoms with Crippen LogP contribution >= 0.6 is 0 Å². The van der Waals surface area contributed by atoms with Crippen molar-refractivity contribution in [1.82, 2.24) is 10.1 Å². The first-order valence-corrected chi connectivity index (χ1v) is 14.2. The molecule has 0 fully saturated rings. The summed E-state index contributed by atoms with van der Waals surface area (Å²) in [5.74, 6) is 0.903. The number of anilines is 1. The van der Waals surface area contributed by atoms with Crippen LogP contribution in [-0.4, -0.2) is 18.6 Å². The monoisotopic (exact) mass is 581 g/mol. The summed E-state index contributed by atoms with van der Waals surface area (Å²) in [7, 11) is -4.32. The minimum absolute atomic E-state index is 0.0317. The Kier molecular flexibility index (Phi) is 7.48. The predicted octanol–water partition coefficient (Wildman–Crippen LogP) is 7.47. The molecule has 0 saturated carbocycles. The zero-order valence-electron chi connectivity index (χ0n) is 22.4. The van der Waals surface area contributed by atoms with E-state index in [-0.39, 0.29) is 34.0 Å². The maximum atomic E-state index is 14.4. The lowest BCUT2D eigenvalue weighted by atomic mass is 9.97. The first-order chi connectivity index (χ1) is 19.5. The lowest BCUT2D eigenvalue weighted by molar-refractivity contribution is -0.137. The summed E-state index contributed by atoms with van der Waals surface area (Å²) in [6.45, 7) is 5.06. The fourth-order valence-corrected chi connectivity index (χ4v) is 5.71. The number of alkyl halides is 3. The SMILES string of the molecule is CCc1cc(OCc2ccc(-c3ccccc3S(=O)(=O)Nc3noc(C)c3C)c(C(F)(F)F)c2)c2ccccc2n1. The lowest BCUT2D eigenvalue weighted by Gasteiger charge is -2.18. The zero-order valence-corrected chi connectivity index (χ0v) is 23.2. The molecule has 5 rings (SSSR count). The third-order valence-electron chi connectivity index (χ3n) is 6.73. The molecule has 2 aromatic heterocycles. The van der Waals surface area contributed by atoms with Crippen LogP contribution in [0.15, 0.2) is 82.2 Å². The maximum absolute atomic E-state index is 14.4. The van der Waals surface area contributed by atoms with Crippen LogP contribution in [0.5, 0.6) is 5.75 Å². The van der Waals surface area contributed by atoms with E-state index in [1.807, 2.05) is 31.2 Å². The molecular formula is C30H26F3N3O4S. The van der Waals surface area contributed by atoms with Gasteiger partial charge in [-0.05, 0) is 55.7 Å². The highest BCUT2D eigenvalue weighted by Gasteiger charge is 2.35. The van der Waals surface area contributed by atoms with Gasteiger partial charge in [0.15, 0.2) is 5.82 Å². The Morgan fingerprint density at radius 2 is 1.68 bits per heavy atom. The number of halogens is 3. The molecule has 0 aliphatic rings. The quantitative estimate of drug-likeness (QED) is 0.204. The van der Waals surface area contributed by atoms with E-state index in [4.69, 9.17) is 9.26 Å². The van der Waals surface area contributed by atoms with Crippen molar-refractivity contribution in [2.75, 3.05) is 4.72 Å². The van der Waals surface area contributed by atoms with E-state index in [1.54, 1.807) is 19.9 Å². The Morgan fingerprint density at radius 1 is 0.951 bits per heavy atom. The number of benzene rings is 3. The molecule has 0 radical (unpaired) electrons. The Hall–Kier alpha value is -4.38. The number of rotatable bonds is 8. The van der Waals surface area contributed by atoms with E-state index >= 15 is 0 Å². The molecule has 41 heavy (non-hydrogen) atoms. The van der Waals surface area contributed by atoms with Crippen molar-refractivity contribution in [1.29, 1.82) is 0 Å². The summed E-state index contributed by atoms with van der Waals surface area (Å²) in [6, 6.07) is 18.4. The minimum Gasteiger partial charge on any atom is -0.488 e. The fourth-order valence-electron chi connectivity index (χ4n) is 4.43. The Bertz CT molecular complexity index is 1850. The van der Waals surface area contributed by atoms with Gasteiger partial charge in [-0.3, -0.25) is 9.71 Å². The van der Waals surface area contributed by atoms with Gasteiger partial charge in [0.2, 0.25) is 0 Å². The van der Waals surface area contributed by atoms with Crippen molar-refractivity contribution < 1.29 is 30.8 Å². The smallest absolute Gasteiger partial charge is 0.417 e. The zero-order chi connectivity index (χ0) is 29.4. The highest BCUT2D eigenvalue weighted by atomic mass is 32.2. The van der Waals surface area contributed by atoms with E-state index in [0.717, 1.165) is 22.7 Å². The van der Waals surface area contributed by atoms with Gasteiger partial charge in [-0.1, -0.05) is 54.5 Å². The van der Waals surface area contributed by atoms with Crippen molar-refractivity contribution in [2.24, 2.45) is 0 Å². The second-order valence-corrected chi connectivity index (χ2v) is 11.1. The third kappa shape index (κ3) is 5.76. The molecule has 5 aromatic rings. The number of aromatic nitrogens is 2. The summed E-state index contributed by atoms with van der Waals surface area (Å²) >= 11 is 0. The lowest BCUT2D eigenvalue weighted by Crippen LogP contribution is -2.16. The summed E-state index contributed by atoms with van der Waals surface area (Å²) in [5, 5.41) is 4.46. The summed E-state index contributed by atoms with van der Waals surface area (Å²) in [4.78, 5) is 4.24. The molecule has 7 nitrogen and oxygen atoms in total. The van der Waals surface area contributed by atoms with E-state index in [2.05, 4.69) is 14.9 Å². The molecule has 2 heterocycles. The second-order valence-electron chi connectivity index (χ2n) is 9.46. The van der Waals surface area contributed by atoms with Crippen LogP contribution in [0.2, 0.25) is 0 Å². The molecule has 0 aliphatic heterocycles. The van der Waals surface area contributed by atoms with Crippen molar-refractivity contribution in [3.8, 4) is 16.9 Å². The van der Waals surface area contributed by atoms with Gasteiger partial charge in [0.25, 0.3) is 10.0 Å². The number of sulfonamides is 1. The van der Waals surface area contributed by atoms with Gasteiger partial charge in [0.1, 0.15) is 18.1 Å². The number of para-hydroxylation sites is 1. The van der Waals surface area contributed by atoms with E-state index < -0.39 is 21.8 Å². The van der Waals surface area contributed by atoms with Crippen LogP contribution in [0.4, 0.5) is 19.0 Å². The van der Waals surface area contributed by atoms with Gasteiger partial charge < -0.3 is 9.26 Å². The maximum Gasteiger partial charge on any atom is 0.417 e. The van der Waals surface area contributed by atoms with Gasteiger partial charge in [-0.25, -0.2) is 8.42 Å². The van der Waals surface area contributed by atoms with Crippen molar-refractivity contribution >= 4 is 26.7 Å². The normalized spacial score (nSPS) is 12.0. The van der Waals surface area contributed by atoms with E-state index in [0.29, 0.717) is 23.5 Å². The molecule has 0 atom stereocenters. The molecule has 1 N–H and O–H groups in total. The van der Waals surface area contributed by atoms with Crippen LogP contribution < -0.4 is 9.46 Å². The van der Waals surface area contributed by atoms with Crippen molar-refractivity contribution in [3.05, 3.63) is 101 Å². The molecule has 212 valence electrons. The molecule has 0 aliphatic carbocycles. The summed E-state index contributed by atoms with van der Waals surface area (Å²) < 4.78 is 83.1. The minimum atomic E-state index is -4.77. The molecule has 0 saturated heterocycles. The highest BCUT2D eigenvalue weighted by molar-refractivity contribution is 7.92. The molecular weight excluding hydrogens is 555 g/mol. The summed E-state index contributed by atoms with van der Waals surface area (Å²) in [6.07, 6.45) is -4.10. The average Bonchev–Trinajstić information content (AvgIpc) is 3.26. The number of pyridine rings is 1. The summed E-state index contributed by atoms with van der Waals surface area (Å²) in [5.41, 5.74) is 0.904. The molecule has 0 amide bonds. The molecule has 11 heteroatoms. The van der Waals surface area contributed by atoms with E-state index in [1.165, 1.54) is 36.4 Å². The highest BCUT2D eigenvalue weighted by Crippen LogP contribution is 2.40. The topological polar surface area (TPSA) is 94.3 Å². The van der Waals surface area contributed by atoms with Gasteiger partial charge in [-0.15, -0.1) is 0 Å². The third-order valence-corrected chi connectivity index (χ3v) is 8.13. The van der Waals surface area contributed by atoms with Crippen LogP contribution in [0.1, 0.15) is 35.1 Å². The standard InChI is InChI=1S/C30H26F3N3O4S/c1-4-21-16-27(24-10-5-7-11-26(24)34-21)39-17-20-13-14-22(25(15-20)30(31,32)33)23-9-6-8-12-28(23)41(37,38)36-29-18(2)19(3)40-35-29/h5-16H,4,17H2,1-3H3,(H,35,36). The van der Waals surface area contributed by atoms with Gasteiger partial charge in [0, 0.05) is 28.3 Å². The Morgan fingerprint density at radius 3 is 2.39 bits per heavy atom. The van der Waals surface area contributed by atoms with Crippen LogP contribution in [0.25, 0.3) is 22.0 Å². The van der Waals surface area contributed by atoms with Gasteiger partial charge in [0.05, 0.1) is 16.0 Å². The van der Waals surface area contributed by atoms with Gasteiger partial charge in [-0.2, -0.15) is 13.2 Å². The number of hydrogen-bond donors (Lipinski definition) is 1. The molecule has 3 aromatic carbocycles. The first-order valence-electron chi connectivity index (χ1n) is 12.7. The Balaban J connectivity index is 1.52. The second kappa shape index (κ2) is 10.9. The van der Waals surface area contributed by atoms with Crippen LogP contribution in [0.3, 0.4) is 0 Å². The van der Waals surface area contributed by atoms with Crippen LogP contribution in [0, 0.1) is 13.8 Å².